The lowest BCUT2D eigenvalue weighted by molar-refractivity contribution is -0.143. The molecule has 1 aliphatic rings. The molecule has 0 unspecified atom stereocenters. The average Bonchev–Trinajstić information content (AvgIpc) is 3.30. The van der Waals surface area contributed by atoms with E-state index in [9.17, 15) is 9.59 Å². The molecule has 2 rings (SSSR count). The number of ether oxygens (including phenoxy) is 2. The predicted molar refractivity (Wildman–Crippen MR) is 78.4 cm³/mol. The minimum Gasteiger partial charge on any atom is -0.495 e. The van der Waals surface area contributed by atoms with Gasteiger partial charge in [0, 0.05) is 6.04 Å². The number of nitrogens with one attached hydrogen (secondary N) is 1. The molecule has 114 valence electrons. The number of hydrogen-bond donors (Lipinski definition) is 1. The largest absolute Gasteiger partial charge is 0.495 e. The van der Waals surface area contributed by atoms with Gasteiger partial charge in [0.1, 0.15) is 12.3 Å². The third kappa shape index (κ3) is 4.11. The molecule has 1 aromatic rings. The van der Waals surface area contributed by atoms with Gasteiger partial charge in [-0.15, -0.1) is 0 Å². The summed E-state index contributed by atoms with van der Waals surface area (Å²) in [5, 5.41) is 2.78. The van der Waals surface area contributed by atoms with Crippen LogP contribution in [0.2, 0.25) is 0 Å². The van der Waals surface area contributed by atoms with Crippen LogP contribution in [-0.2, 0) is 9.53 Å². The van der Waals surface area contributed by atoms with Crippen molar-refractivity contribution in [3.05, 3.63) is 24.3 Å². The summed E-state index contributed by atoms with van der Waals surface area (Å²) in [5.41, 5.74) is 0.583. The van der Waals surface area contributed by atoms with Gasteiger partial charge in [0.25, 0.3) is 0 Å². The van der Waals surface area contributed by atoms with Crippen LogP contribution in [0.15, 0.2) is 24.3 Å². The summed E-state index contributed by atoms with van der Waals surface area (Å²) in [4.78, 5) is 25.5. The van der Waals surface area contributed by atoms with Gasteiger partial charge in [0.05, 0.1) is 19.4 Å². The summed E-state index contributed by atoms with van der Waals surface area (Å²) in [6.07, 6.45) is 1.83. The standard InChI is InChI=1S/C15H20N2O4/c1-3-21-14(18)10-17(11-8-9-11)15(19)16-12-6-4-5-7-13(12)20-2/h4-7,11H,3,8-10H2,1-2H3,(H,16,19). The van der Waals surface area contributed by atoms with Crippen molar-refractivity contribution in [1.29, 1.82) is 0 Å². The monoisotopic (exact) mass is 292 g/mol. The van der Waals surface area contributed by atoms with Crippen LogP contribution in [-0.4, -0.2) is 43.2 Å². The van der Waals surface area contributed by atoms with E-state index in [0.29, 0.717) is 18.0 Å². The van der Waals surface area contributed by atoms with Crippen molar-refractivity contribution in [2.45, 2.75) is 25.8 Å². The van der Waals surface area contributed by atoms with E-state index < -0.39 is 0 Å². The smallest absolute Gasteiger partial charge is 0.325 e. The number of carbonyl (C=O) groups is 2. The van der Waals surface area contributed by atoms with Gasteiger partial charge >= 0.3 is 12.0 Å². The summed E-state index contributed by atoms with van der Waals surface area (Å²) in [6, 6.07) is 6.96. The number of benzene rings is 1. The molecule has 0 atom stereocenters. The summed E-state index contributed by atoms with van der Waals surface area (Å²) in [5.74, 6) is 0.192. The molecule has 1 N–H and O–H groups in total. The van der Waals surface area contributed by atoms with Gasteiger partial charge in [-0.05, 0) is 31.9 Å². The molecule has 6 nitrogen and oxygen atoms in total. The Kier molecular flexibility index (Phi) is 5.03. The minimum atomic E-state index is -0.389. The molecule has 0 aromatic heterocycles. The molecule has 1 fully saturated rings. The van der Waals surface area contributed by atoms with Crippen molar-refractivity contribution in [3.63, 3.8) is 0 Å². The minimum absolute atomic E-state index is 0.0283. The topological polar surface area (TPSA) is 67.9 Å². The number of anilines is 1. The molecule has 1 aromatic carbocycles. The van der Waals surface area contributed by atoms with E-state index in [1.165, 1.54) is 4.90 Å². The number of rotatable bonds is 6. The van der Waals surface area contributed by atoms with Gasteiger partial charge in [0.15, 0.2) is 0 Å². The first-order valence-corrected chi connectivity index (χ1v) is 7.02. The second kappa shape index (κ2) is 6.97. The number of carbonyl (C=O) groups excluding carboxylic acids is 2. The molecule has 21 heavy (non-hydrogen) atoms. The number of hydrogen-bond acceptors (Lipinski definition) is 4. The van der Waals surface area contributed by atoms with Crippen LogP contribution in [0.25, 0.3) is 0 Å². The molecular formula is C15H20N2O4. The molecule has 6 heteroatoms. The summed E-state index contributed by atoms with van der Waals surface area (Å²) in [6.45, 7) is 2.03. The van der Waals surface area contributed by atoms with Gasteiger partial charge in [-0.3, -0.25) is 4.79 Å². The Hall–Kier alpha value is -2.24. The van der Waals surface area contributed by atoms with Gasteiger partial charge in [-0.1, -0.05) is 12.1 Å². The van der Waals surface area contributed by atoms with Gasteiger partial charge in [-0.2, -0.15) is 0 Å². The second-order valence-corrected chi connectivity index (χ2v) is 4.79. The summed E-state index contributed by atoms with van der Waals surface area (Å²) >= 11 is 0. The number of nitrogens with zero attached hydrogens (tertiary/aromatic N) is 1. The van der Waals surface area contributed by atoms with E-state index in [1.807, 2.05) is 12.1 Å². The number of urea groups is 1. The summed E-state index contributed by atoms with van der Waals surface area (Å²) in [7, 11) is 1.54. The van der Waals surface area contributed by atoms with Crippen LogP contribution >= 0.6 is 0 Å². The van der Waals surface area contributed by atoms with Crippen LogP contribution in [0, 0.1) is 0 Å². The fourth-order valence-corrected chi connectivity index (χ4v) is 2.03. The van der Waals surface area contributed by atoms with Crippen LogP contribution in [0.1, 0.15) is 19.8 Å². The molecule has 0 spiro atoms. The first kappa shape index (κ1) is 15.2. The highest BCUT2D eigenvalue weighted by Gasteiger charge is 2.34. The molecule has 2 amide bonds. The van der Waals surface area contributed by atoms with E-state index in [1.54, 1.807) is 26.2 Å². The van der Waals surface area contributed by atoms with Crippen LogP contribution in [0.4, 0.5) is 10.5 Å². The van der Waals surface area contributed by atoms with Crippen molar-refractivity contribution in [3.8, 4) is 5.75 Å². The maximum atomic E-state index is 12.4. The lowest BCUT2D eigenvalue weighted by Crippen LogP contribution is -2.41. The fraction of sp³-hybridized carbons (Fsp3) is 0.467. The molecule has 1 saturated carbocycles. The van der Waals surface area contributed by atoms with E-state index in [0.717, 1.165) is 12.8 Å². The van der Waals surface area contributed by atoms with Crippen molar-refractivity contribution in [1.82, 2.24) is 4.90 Å². The van der Waals surface area contributed by atoms with Crippen LogP contribution in [0.5, 0.6) is 5.75 Å². The first-order chi connectivity index (χ1) is 10.2. The van der Waals surface area contributed by atoms with Crippen molar-refractivity contribution in [2.24, 2.45) is 0 Å². The molecule has 1 aliphatic carbocycles. The van der Waals surface area contributed by atoms with E-state index in [4.69, 9.17) is 9.47 Å². The molecule has 0 aliphatic heterocycles. The Morgan fingerprint density at radius 2 is 2.05 bits per heavy atom. The Morgan fingerprint density at radius 3 is 2.67 bits per heavy atom. The lowest BCUT2D eigenvalue weighted by atomic mass is 10.3. The SMILES string of the molecule is CCOC(=O)CN(C(=O)Nc1ccccc1OC)C1CC1. The Balaban J connectivity index is 2.03. The third-order valence-electron chi connectivity index (χ3n) is 3.20. The number of esters is 1. The maximum absolute atomic E-state index is 12.4. The zero-order valence-corrected chi connectivity index (χ0v) is 12.3. The van der Waals surface area contributed by atoms with Crippen molar-refractivity contribution >= 4 is 17.7 Å². The summed E-state index contributed by atoms with van der Waals surface area (Å²) < 4.78 is 10.1. The highest BCUT2D eigenvalue weighted by atomic mass is 16.5. The van der Waals surface area contributed by atoms with E-state index in [-0.39, 0.29) is 24.6 Å². The van der Waals surface area contributed by atoms with Gasteiger partial charge in [-0.25, -0.2) is 4.79 Å². The highest BCUT2D eigenvalue weighted by Crippen LogP contribution is 2.29. The molecule has 0 radical (unpaired) electrons. The quantitative estimate of drug-likeness (QED) is 0.817. The molecule has 0 heterocycles. The van der Waals surface area contributed by atoms with Crippen LogP contribution < -0.4 is 10.1 Å². The lowest BCUT2D eigenvalue weighted by Gasteiger charge is -2.22. The van der Waals surface area contributed by atoms with Crippen molar-refractivity contribution in [2.75, 3.05) is 25.6 Å². The van der Waals surface area contributed by atoms with E-state index in [2.05, 4.69) is 5.32 Å². The number of amides is 2. The Labute approximate surface area is 124 Å². The average molecular weight is 292 g/mol. The Bertz CT molecular complexity index is 514. The normalized spacial score (nSPS) is 13.4. The third-order valence-corrected chi connectivity index (χ3v) is 3.20. The first-order valence-electron chi connectivity index (χ1n) is 7.02. The maximum Gasteiger partial charge on any atom is 0.325 e. The zero-order valence-electron chi connectivity index (χ0n) is 12.3. The second-order valence-electron chi connectivity index (χ2n) is 4.79. The van der Waals surface area contributed by atoms with Gasteiger partial charge in [0.2, 0.25) is 0 Å². The Morgan fingerprint density at radius 1 is 1.33 bits per heavy atom. The molecular weight excluding hydrogens is 272 g/mol. The zero-order chi connectivity index (χ0) is 15.2. The number of para-hydroxylation sites is 2. The molecule has 0 bridgehead atoms. The highest BCUT2D eigenvalue weighted by molar-refractivity contribution is 5.93. The fourth-order valence-electron chi connectivity index (χ4n) is 2.03. The van der Waals surface area contributed by atoms with Crippen molar-refractivity contribution < 1.29 is 19.1 Å². The van der Waals surface area contributed by atoms with Gasteiger partial charge < -0.3 is 19.7 Å². The molecule has 0 saturated heterocycles. The van der Waals surface area contributed by atoms with E-state index >= 15 is 0 Å². The van der Waals surface area contributed by atoms with Crippen LogP contribution in [0.3, 0.4) is 0 Å². The predicted octanol–water partition coefficient (Wildman–Crippen LogP) is 2.25. The number of methoxy groups -OCH3 is 1.